The average Bonchev–Trinajstić information content (AvgIpc) is 3.35. The number of amides is 4. The van der Waals surface area contributed by atoms with Crippen LogP contribution in [0.15, 0.2) is 36.4 Å². The summed E-state index contributed by atoms with van der Waals surface area (Å²) < 4.78 is 52.6. The normalized spacial score (nSPS) is 20.4. The second kappa shape index (κ2) is 17.3. The van der Waals surface area contributed by atoms with Crippen LogP contribution in [-0.2, 0) is 42.9 Å². The van der Waals surface area contributed by atoms with Gasteiger partial charge in [-0.25, -0.2) is 9.59 Å². The van der Waals surface area contributed by atoms with E-state index in [9.17, 15) is 37.1 Å². The zero-order valence-electron chi connectivity index (χ0n) is 31.3. The van der Waals surface area contributed by atoms with Gasteiger partial charge < -0.3 is 40.1 Å². The zero-order valence-corrected chi connectivity index (χ0v) is 32.1. The SMILES string of the molecule is CC1(C(=O)OCC=O)CCN(C2CCN(C(=O)[C@@H](Cc3cc(Cl)c(N)c(C(F)(F)F)c3)OC(=O)N3CCC(N4CCc5ccccc5NC4=O)CC3)CC2)CC1. The highest BCUT2D eigenvalue weighted by Gasteiger charge is 2.42. The number of carbonyl (C=O) groups excluding carboxylic acids is 5. The number of nitrogens with zero attached hydrogens (tertiary/aromatic N) is 4. The third-order valence-electron chi connectivity index (χ3n) is 11.7. The third-order valence-corrected chi connectivity index (χ3v) is 12.0. The lowest BCUT2D eigenvalue weighted by molar-refractivity contribution is -0.159. The summed E-state index contributed by atoms with van der Waals surface area (Å²) in [4.78, 5) is 71.2. The molecule has 6 rings (SSSR count). The van der Waals surface area contributed by atoms with Gasteiger partial charge in [0, 0.05) is 56.9 Å². The molecule has 3 fully saturated rings. The average molecular weight is 805 g/mol. The van der Waals surface area contributed by atoms with Crippen molar-refractivity contribution in [3.05, 3.63) is 58.1 Å². The molecule has 0 unspecified atom stereocenters. The van der Waals surface area contributed by atoms with Crippen molar-refractivity contribution in [2.45, 2.75) is 82.7 Å². The quantitative estimate of drug-likeness (QED) is 0.193. The number of carbonyl (C=O) groups is 5. The van der Waals surface area contributed by atoms with Gasteiger partial charge in [-0.3, -0.25) is 14.4 Å². The fraction of sp³-hybridized carbons (Fsp3) is 0.564. The molecule has 0 bridgehead atoms. The van der Waals surface area contributed by atoms with Crippen LogP contribution in [0.4, 0.5) is 34.1 Å². The minimum absolute atomic E-state index is 0.0347. The largest absolute Gasteiger partial charge is 0.458 e. The van der Waals surface area contributed by atoms with Gasteiger partial charge in [-0.1, -0.05) is 29.8 Å². The number of halogens is 4. The zero-order chi connectivity index (χ0) is 40.2. The molecule has 4 heterocycles. The molecule has 4 aliphatic heterocycles. The summed E-state index contributed by atoms with van der Waals surface area (Å²) in [5, 5.41) is 2.65. The first kappa shape index (κ1) is 41.1. The van der Waals surface area contributed by atoms with Crippen molar-refractivity contribution in [3.63, 3.8) is 0 Å². The molecule has 0 radical (unpaired) electrons. The fourth-order valence-electron chi connectivity index (χ4n) is 8.24. The highest BCUT2D eigenvalue weighted by molar-refractivity contribution is 6.33. The van der Waals surface area contributed by atoms with Gasteiger partial charge in [0.05, 0.1) is 21.7 Å². The van der Waals surface area contributed by atoms with Gasteiger partial charge >= 0.3 is 24.3 Å². The van der Waals surface area contributed by atoms with Crippen LogP contribution in [-0.4, -0.2) is 120 Å². The van der Waals surface area contributed by atoms with E-state index in [0.29, 0.717) is 84.0 Å². The molecule has 13 nitrogen and oxygen atoms in total. The monoisotopic (exact) mass is 804 g/mol. The molecule has 3 N–H and O–H groups in total. The Morgan fingerprint density at radius 2 is 1.62 bits per heavy atom. The number of fused-ring (bicyclic) bond motifs is 1. The summed E-state index contributed by atoms with van der Waals surface area (Å²) in [7, 11) is 0. The molecule has 0 aromatic heterocycles. The van der Waals surface area contributed by atoms with Gasteiger partial charge in [0.1, 0.15) is 6.61 Å². The van der Waals surface area contributed by atoms with Crippen molar-refractivity contribution in [2.24, 2.45) is 5.41 Å². The number of anilines is 2. The lowest BCUT2D eigenvalue weighted by atomic mass is 9.79. The molecule has 2 aromatic rings. The van der Waals surface area contributed by atoms with Crippen LogP contribution in [0.5, 0.6) is 0 Å². The summed E-state index contributed by atoms with van der Waals surface area (Å²) in [6.07, 6.45) is -2.88. The number of esters is 1. The Hall–Kier alpha value is -4.57. The van der Waals surface area contributed by atoms with E-state index in [2.05, 4.69) is 10.2 Å². The van der Waals surface area contributed by atoms with Crippen molar-refractivity contribution in [2.75, 3.05) is 63.5 Å². The Kier molecular flexibility index (Phi) is 12.7. The molecule has 56 heavy (non-hydrogen) atoms. The van der Waals surface area contributed by atoms with Crippen LogP contribution < -0.4 is 11.1 Å². The van der Waals surface area contributed by atoms with Crippen LogP contribution in [0.3, 0.4) is 0 Å². The first-order valence-corrected chi connectivity index (χ1v) is 19.4. The van der Waals surface area contributed by atoms with E-state index in [1.54, 1.807) is 9.80 Å². The van der Waals surface area contributed by atoms with Crippen LogP contribution in [0.1, 0.15) is 62.1 Å². The summed E-state index contributed by atoms with van der Waals surface area (Å²) in [6.45, 7) is 4.51. The second-order valence-corrected chi connectivity index (χ2v) is 15.7. The molecule has 4 amide bonds. The van der Waals surface area contributed by atoms with Crippen molar-refractivity contribution >= 4 is 53.3 Å². The number of piperidine rings is 3. The van der Waals surface area contributed by atoms with Gasteiger partial charge in [-0.05, 0) is 94.3 Å². The molecule has 1 atom stereocenters. The number of nitrogen functional groups attached to an aromatic ring is 1. The van der Waals surface area contributed by atoms with Crippen LogP contribution in [0.25, 0.3) is 0 Å². The first-order valence-electron chi connectivity index (χ1n) is 19.1. The standard InChI is InChI=1S/C39H48ClF3N6O7/c1-38(35(52)55-21-20-50)11-18-46(19-12-38)27-7-13-47(14-8-27)34(51)32(24-25-22-29(39(41,42)43)33(44)30(40)23-25)56-37(54)48-15-9-28(10-16-48)49-17-6-26-4-2-3-5-31(26)45-36(49)53/h2-5,20,22-23,27-28,32H,6-19,21,24,44H2,1H3,(H,45,53)/t32-/m1/s1. The van der Waals surface area contributed by atoms with Gasteiger partial charge in [-0.2, -0.15) is 13.2 Å². The molecule has 3 saturated heterocycles. The maximum Gasteiger partial charge on any atom is 0.418 e. The minimum Gasteiger partial charge on any atom is -0.458 e. The number of para-hydroxylation sites is 1. The summed E-state index contributed by atoms with van der Waals surface area (Å²) in [5.41, 5.74) is 5.05. The Morgan fingerprint density at radius 1 is 0.982 bits per heavy atom. The lowest BCUT2D eigenvalue weighted by Crippen LogP contribution is -2.54. The van der Waals surface area contributed by atoms with Gasteiger partial charge in [-0.15, -0.1) is 0 Å². The van der Waals surface area contributed by atoms with E-state index >= 15 is 0 Å². The Morgan fingerprint density at radius 3 is 2.29 bits per heavy atom. The first-order chi connectivity index (χ1) is 26.7. The molecule has 0 aliphatic carbocycles. The number of urea groups is 1. The number of hydrogen-bond acceptors (Lipinski definition) is 9. The molecule has 304 valence electrons. The Bertz CT molecular complexity index is 1790. The highest BCUT2D eigenvalue weighted by atomic mass is 35.5. The van der Waals surface area contributed by atoms with Crippen molar-refractivity contribution in [1.82, 2.24) is 19.6 Å². The maximum absolute atomic E-state index is 14.1. The summed E-state index contributed by atoms with van der Waals surface area (Å²) >= 11 is 6.12. The number of nitrogens with two attached hydrogens (primary N) is 1. The topological polar surface area (TPSA) is 155 Å². The number of benzene rings is 2. The number of alkyl halides is 3. The van der Waals surface area contributed by atoms with Crippen LogP contribution in [0.2, 0.25) is 5.02 Å². The minimum atomic E-state index is -4.80. The van der Waals surface area contributed by atoms with Gasteiger partial charge in [0.15, 0.2) is 12.4 Å². The lowest BCUT2D eigenvalue weighted by Gasteiger charge is -2.44. The smallest absolute Gasteiger partial charge is 0.418 e. The molecule has 17 heteroatoms. The van der Waals surface area contributed by atoms with Crippen molar-refractivity contribution < 1.29 is 46.6 Å². The highest BCUT2D eigenvalue weighted by Crippen LogP contribution is 2.39. The van der Waals surface area contributed by atoms with Crippen LogP contribution >= 0.6 is 11.6 Å². The number of ether oxygens (including phenoxy) is 2. The number of aldehydes is 1. The Balaban J connectivity index is 1.10. The number of likely N-dealkylation sites (tertiary alicyclic amines) is 3. The van der Waals surface area contributed by atoms with E-state index in [-0.39, 0.29) is 54.8 Å². The van der Waals surface area contributed by atoms with Gasteiger partial charge in [0.25, 0.3) is 5.91 Å². The molecule has 0 saturated carbocycles. The number of nitrogens with one attached hydrogen (secondary N) is 1. The molecule has 2 aromatic carbocycles. The fourth-order valence-corrected chi connectivity index (χ4v) is 8.48. The van der Waals surface area contributed by atoms with E-state index in [1.165, 1.54) is 11.0 Å². The third kappa shape index (κ3) is 9.34. The molecule has 4 aliphatic rings. The molecular weight excluding hydrogens is 757 g/mol. The summed E-state index contributed by atoms with van der Waals surface area (Å²) in [6, 6.07) is 9.50. The van der Waals surface area contributed by atoms with Gasteiger partial charge in [0.2, 0.25) is 0 Å². The number of rotatable bonds is 9. The predicted molar refractivity (Wildman–Crippen MR) is 201 cm³/mol. The van der Waals surface area contributed by atoms with E-state index in [1.807, 2.05) is 31.2 Å². The van der Waals surface area contributed by atoms with Crippen molar-refractivity contribution in [1.29, 1.82) is 0 Å². The molecular formula is C39H48ClF3N6O7. The second-order valence-electron chi connectivity index (χ2n) is 15.3. The molecule has 0 spiro atoms. The van der Waals surface area contributed by atoms with E-state index < -0.39 is 46.9 Å². The van der Waals surface area contributed by atoms with E-state index in [4.69, 9.17) is 26.8 Å². The van der Waals surface area contributed by atoms with Crippen molar-refractivity contribution in [3.8, 4) is 0 Å². The van der Waals surface area contributed by atoms with E-state index in [0.717, 1.165) is 17.3 Å². The van der Waals surface area contributed by atoms with Crippen LogP contribution in [0, 0.1) is 5.41 Å². The maximum atomic E-state index is 14.1. The predicted octanol–water partition coefficient (Wildman–Crippen LogP) is 5.38. The Labute approximate surface area is 328 Å². The summed E-state index contributed by atoms with van der Waals surface area (Å²) in [5.74, 6) is -0.923. The number of hydrogen-bond donors (Lipinski definition) is 2.